The van der Waals surface area contributed by atoms with Gasteiger partial charge >= 0.3 is 0 Å². The molecule has 0 N–H and O–H groups in total. The number of pyridine rings is 1. The Morgan fingerprint density at radius 3 is 2.67 bits per heavy atom. The summed E-state index contributed by atoms with van der Waals surface area (Å²) in [6, 6.07) is 22.5. The second-order valence-electron chi connectivity index (χ2n) is 8.11. The largest absolute Gasteiger partial charge is 0.497 e. The Balaban J connectivity index is 1.31. The maximum Gasteiger partial charge on any atom is 0.233 e. The summed E-state index contributed by atoms with van der Waals surface area (Å²) in [5.41, 5.74) is 4.09. The number of aryl methyl sites for hydroxylation is 1. The number of aromatic nitrogens is 3. The summed E-state index contributed by atoms with van der Waals surface area (Å²) in [6.07, 6.45) is 0. The highest BCUT2D eigenvalue weighted by molar-refractivity contribution is 7.99. The van der Waals surface area contributed by atoms with Crippen molar-refractivity contribution in [1.82, 2.24) is 19.5 Å². The Morgan fingerprint density at radius 2 is 1.82 bits per heavy atom. The minimum absolute atomic E-state index is 0.0444. The van der Waals surface area contributed by atoms with Gasteiger partial charge in [0.2, 0.25) is 5.91 Å². The predicted molar refractivity (Wildman–Crippen MR) is 133 cm³/mol. The van der Waals surface area contributed by atoms with E-state index in [2.05, 4.69) is 47.5 Å². The van der Waals surface area contributed by atoms with Crippen molar-refractivity contribution in [3.8, 4) is 5.75 Å². The highest BCUT2D eigenvalue weighted by atomic mass is 32.2. The number of nitrogens with zero attached hydrogens (tertiary/aromatic N) is 4. The van der Waals surface area contributed by atoms with Gasteiger partial charge in [-0.2, -0.15) is 0 Å². The van der Waals surface area contributed by atoms with Crippen LogP contribution in [0.25, 0.3) is 27.3 Å². The van der Waals surface area contributed by atoms with Crippen molar-refractivity contribution in [2.24, 2.45) is 0 Å². The van der Waals surface area contributed by atoms with Crippen LogP contribution in [0.3, 0.4) is 0 Å². The normalized spacial score (nSPS) is 11.4. The van der Waals surface area contributed by atoms with E-state index in [1.807, 2.05) is 47.8 Å². The van der Waals surface area contributed by atoms with Crippen molar-refractivity contribution in [1.29, 1.82) is 0 Å². The Bertz CT molecular complexity index is 1490. The van der Waals surface area contributed by atoms with E-state index in [1.54, 1.807) is 12.0 Å². The summed E-state index contributed by atoms with van der Waals surface area (Å²) in [7, 11) is 3.50. The molecule has 0 atom stereocenters. The molecule has 2 aromatic heterocycles. The van der Waals surface area contributed by atoms with Gasteiger partial charge in [-0.05, 0) is 59.2 Å². The van der Waals surface area contributed by atoms with Crippen LogP contribution in [-0.4, -0.2) is 45.3 Å². The van der Waals surface area contributed by atoms with Crippen molar-refractivity contribution in [2.45, 2.75) is 18.6 Å². The molecule has 0 unspecified atom stereocenters. The summed E-state index contributed by atoms with van der Waals surface area (Å²) < 4.78 is 7.32. The number of carbonyl (C=O) groups is 1. The molecule has 7 heteroatoms. The number of hydrogen-bond donors (Lipinski definition) is 0. The molecule has 0 radical (unpaired) electrons. The van der Waals surface area contributed by atoms with Crippen LogP contribution in [0.5, 0.6) is 5.75 Å². The van der Waals surface area contributed by atoms with Crippen molar-refractivity contribution < 1.29 is 9.53 Å². The monoisotopic (exact) mass is 456 g/mol. The highest BCUT2D eigenvalue weighted by Crippen LogP contribution is 2.26. The number of thioether (sulfide) groups is 1. The minimum atomic E-state index is 0.0444. The third-order valence-electron chi connectivity index (χ3n) is 5.86. The minimum Gasteiger partial charge on any atom is -0.497 e. The number of amides is 1. The van der Waals surface area contributed by atoms with Gasteiger partial charge in [0.05, 0.1) is 18.4 Å². The van der Waals surface area contributed by atoms with E-state index in [4.69, 9.17) is 4.74 Å². The zero-order chi connectivity index (χ0) is 22.9. The number of para-hydroxylation sites is 1. The van der Waals surface area contributed by atoms with Crippen LogP contribution in [0.1, 0.15) is 11.1 Å². The van der Waals surface area contributed by atoms with Gasteiger partial charge in [0.25, 0.3) is 0 Å². The third kappa shape index (κ3) is 4.12. The Hall–Kier alpha value is -3.58. The molecule has 5 aromatic rings. The molecule has 5 rings (SSSR count). The summed E-state index contributed by atoms with van der Waals surface area (Å²) in [5.74, 6) is 1.18. The summed E-state index contributed by atoms with van der Waals surface area (Å²) in [5, 5.41) is 12.8. The Morgan fingerprint density at radius 1 is 1.03 bits per heavy atom. The first-order valence-electron chi connectivity index (χ1n) is 10.7. The van der Waals surface area contributed by atoms with E-state index >= 15 is 0 Å². The molecule has 0 saturated carbocycles. The number of methoxy groups -OCH3 is 1. The molecular formula is C26H24N4O2S. The van der Waals surface area contributed by atoms with Crippen LogP contribution >= 0.6 is 11.8 Å². The second kappa shape index (κ2) is 8.75. The van der Waals surface area contributed by atoms with Crippen LogP contribution in [0, 0.1) is 6.92 Å². The maximum atomic E-state index is 12.9. The molecule has 6 nitrogen and oxygen atoms in total. The van der Waals surface area contributed by atoms with Gasteiger partial charge < -0.3 is 9.64 Å². The lowest BCUT2D eigenvalue weighted by Gasteiger charge is -2.17. The molecule has 0 aliphatic carbocycles. The molecule has 1 amide bonds. The van der Waals surface area contributed by atoms with Crippen LogP contribution < -0.4 is 4.74 Å². The average molecular weight is 457 g/mol. The van der Waals surface area contributed by atoms with Crippen LogP contribution in [0.15, 0.2) is 71.9 Å². The quantitative estimate of drug-likeness (QED) is 0.333. The Kier molecular flexibility index (Phi) is 5.64. The molecule has 0 bridgehead atoms. The molecule has 3 aromatic carbocycles. The molecule has 0 aliphatic heterocycles. The van der Waals surface area contributed by atoms with Crippen LogP contribution in [0.2, 0.25) is 0 Å². The fourth-order valence-electron chi connectivity index (χ4n) is 4.07. The van der Waals surface area contributed by atoms with Gasteiger partial charge in [0.15, 0.2) is 10.8 Å². The first kappa shape index (κ1) is 21.3. The molecule has 33 heavy (non-hydrogen) atoms. The first-order chi connectivity index (χ1) is 16.0. The van der Waals surface area contributed by atoms with E-state index in [9.17, 15) is 4.79 Å². The zero-order valence-corrected chi connectivity index (χ0v) is 19.6. The van der Waals surface area contributed by atoms with Crippen molar-refractivity contribution >= 4 is 45.0 Å². The van der Waals surface area contributed by atoms with Crippen molar-refractivity contribution in [2.75, 3.05) is 19.9 Å². The first-order valence-corrected chi connectivity index (χ1v) is 11.7. The fraction of sp³-hybridized carbons (Fsp3) is 0.192. The smallest absolute Gasteiger partial charge is 0.233 e. The van der Waals surface area contributed by atoms with Crippen molar-refractivity contribution in [3.63, 3.8) is 0 Å². The lowest BCUT2D eigenvalue weighted by molar-refractivity contribution is -0.127. The van der Waals surface area contributed by atoms with Gasteiger partial charge in [-0.1, -0.05) is 48.2 Å². The number of ether oxygens (including phenoxy) is 1. The zero-order valence-electron chi connectivity index (χ0n) is 18.8. The third-order valence-corrected chi connectivity index (χ3v) is 6.77. The van der Waals surface area contributed by atoms with Gasteiger partial charge in [-0.3, -0.25) is 9.20 Å². The highest BCUT2D eigenvalue weighted by Gasteiger charge is 2.15. The topological polar surface area (TPSA) is 59.7 Å². The van der Waals surface area contributed by atoms with Gasteiger partial charge in [-0.25, -0.2) is 0 Å². The number of carbonyl (C=O) groups excluding carboxylic acids is 1. The standard InChI is InChI=1S/C26H24N4O2S/c1-17-12-24-27-28-26(30(24)23-7-5-4-6-22(17)23)33-16-25(31)29(2)15-18-8-9-20-14-21(32-3)11-10-19(20)13-18/h4-14H,15-16H2,1-3H3. The molecule has 0 aliphatic rings. The lowest BCUT2D eigenvalue weighted by atomic mass is 10.1. The van der Waals surface area contributed by atoms with Crippen LogP contribution in [-0.2, 0) is 11.3 Å². The van der Waals surface area contributed by atoms with Gasteiger partial charge in [0, 0.05) is 19.0 Å². The molecule has 0 saturated heterocycles. The number of benzene rings is 3. The molecular weight excluding hydrogens is 432 g/mol. The average Bonchev–Trinajstić information content (AvgIpc) is 3.25. The van der Waals surface area contributed by atoms with E-state index in [0.717, 1.165) is 49.4 Å². The van der Waals surface area contributed by atoms with Gasteiger partial charge in [-0.15, -0.1) is 10.2 Å². The Labute approximate surface area is 196 Å². The molecule has 0 fully saturated rings. The summed E-state index contributed by atoms with van der Waals surface area (Å²) in [6.45, 7) is 2.62. The second-order valence-corrected chi connectivity index (χ2v) is 9.05. The van der Waals surface area contributed by atoms with E-state index in [-0.39, 0.29) is 5.91 Å². The summed E-state index contributed by atoms with van der Waals surface area (Å²) >= 11 is 1.42. The van der Waals surface area contributed by atoms with Crippen LogP contribution in [0.4, 0.5) is 0 Å². The lowest BCUT2D eigenvalue weighted by Crippen LogP contribution is -2.27. The number of hydrogen-bond acceptors (Lipinski definition) is 5. The molecule has 166 valence electrons. The van der Waals surface area contributed by atoms with E-state index in [0.29, 0.717) is 12.3 Å². The fourth-order valence-corrected chi connectivity index (χ4v) is 4.96. The SMILES string of the molecule is COc1ccc2cc(CN(C)C(=O)CSc3nnc4cc(C)c5ccccc5n34)ccc2c1. The number of fused-ring (bicyclic) bond motifs is 4. The van der Waals surface area contributed by atoms with Crippen molar-refractivity contribution in [3.05, 3.63) is 77.9 Å². The van der Waals surface area contributed by atoms with E-state index < -0.39 is 0 Å². The van der Waals surface area contributed by atoms with Gasteiger partial charge in [0.1, 0.15) is 5.75 Å². The maximum absolute atomic E-state index is 12.9. The number of rotatable bonds is 6. The molecule has 2 heterocycles. The van der Waals surface area contributed by atoms with E-state index in [1.165, 1.54) is 11.8 Å². The summed E-state index contributed by atoms with van der Waals surface area (Å²) in [4.78, 5) is 14.6. The molecule has 0 spiro atoms. The predicted octanol–water partition coefficient (Wildman–Crippen LogP) is 5.10.